The number of rotatable bonds is 15. The Labute approximate surface area is 168 Å². The lowest BCUT2D eigenvalue weighted by Gasteiger charge is -2.09. The molecule has 0 aliphatic rings. The summed E-state index contributed by atoms with van der Waals surface area (Å²) >= 11 is 0. The third kappa shape index (κ3) is 9.67. The third-order valence-corrected chi connectivity index (χ3v) is 4.63. The Morgan fingerprint density at radius 1 is 0.893 bits per heavy atom. The summed E-state index contributed by atoms with van der Waals surface area (Å²) in [6.07, 6.45) is 10.9. The molecule has 0 heterocycles. The van der Waals surface area contributed by atoms with E-state index in [1.165, 1.54) is 31.4 Å². The van der Waals surface area contributed by atoms with Crippen LogP contribution >= 0.6 is 0 Å². The highest BCUT2D eigenvalue weighted by atomic mass is 16.7. The molecule has 5 nitrogen and oxygen atoms in total. The molecule has 0 bridgehead atoms. The van der Waals surface area contributed by atoms with Crippen molar-refractivity contribution in [3.8, 4) is 5.75 Å². The molecule has 1 aromatic carbocycles. The second kappa shape index (κ2) is 14.8. The van der Waals surface area contributed by atoms with Gasteiger partial charge in [0.1, 0.15) is 5.75 Å². The maximum atomic E-state index is 12.3. The van der Waals surface area contributed by atoms with E-state index in [1.807, 2.05) is 0 Å². The average molecular weight is 391 g/mol. The lowest BCUT2D eigenvalue weighted by molar-refractivity contribution is 0.0965. The van der Waals surface area contributed by atoms with Gasteiger partial charge in [-0.15, -0.1) is 0 Å². The smallest absolute Gasteiger partial charge is 0.434 e. The minimum atomic E-state index is -0.825. The van der Waals surface area contributed by atoms with E-state index in [0.717, 1.165) is 44.9 Å². The van der Waals surface area contributed by atoms with Crippen LogP contribution in [0.3, 0.4) is 0 Å². The minimum absolute atomic E-state index is 0.000745. The van der Waals surface area contributed by atoms with Crippen molar-refractivity contribution in [3.63, 3.8) is 0 Å². The maximum Gasteiger partial charge on any atom is 0.513 e. The molecule has 0 saturated carbocycles. The Kier molecular flexibility index (Phi) is 12.6. The highest BCUT2D eigenvalue weighted by Gasteiger charge is 2.14. The zero-order valence-electron chi connectivity index (χ0n) is 17.3. The number of ether oxygens (including phenoxy) is 2. The van der Waals surface area contributed by atoms with Gasteiger partial charge in [0, 0.05) is 12.0 Å². The van der Waals surface area contributed by atoms with Crippen LogP contribution in [0.15, 0.2) is 18.2 Å². The molecule has 0 N–H and O–H groups in total. The lowest BCUT2D eigenvalue weighted by atomic mass is 10.0. The second-order valence-corrected chi connectivity index (χ2v) is 7.07. The summed E-state index contributed by atoms with van der Waals surface area (Å²) in [5, 5.41) is 0. The number of hydrogen-bond donors (Lipinski definition) is 0. The van der Waals surface area contributed by atoms with Gasteiger partial charge in [-0.25, -0.2) is 4.79 Å². The Hall–Kier alpha value is -2.17. The van der Waals surface area contributed by atoms with Crippen molar-refractivity contribution in [3.05, 3.63) is 29.3 Å². The van der Waals surface area contributed by atoms with E-state index in [1.54, 1.807) is 6.07 Å². The van der Waals surface area contributed by atoms with Gasteiger partial charge in [0.05, 0.1) is 12.2 Å². The van der Waals surface area contributed by atoms with Crippen molar-refractivity contribution in [1.29, 1.82) is 0 Å². The van der Waals surface area contributed by atoms with E-state index in [-0.39, 0.29) is 17.1 Å². The largest absolute Gasteiger partial charge is 0.513 e. The van der Waals surface area contributed by atoms with Crippen LogP contribution in [0.2, 0.25) is 0 Å². The normalized spacial score (nSPS) is 10.5. The summed E-state index contributed by atoms with van der Waals surface area (Å²) in [7, 11) is 0. The molecule has 0 fully saturated rings. The molecule has 0 aromatic heterocycles. The van der Waals surface area contributed by atoms with Gasteiger partial charge in [0.25, 0.3) is 0 Å². The molecular weight excluding hydrogens is 356 g/mol. The second-order valence-electron chi connectivity index (χ2n) is 7.07. The molecule has 0 amide bonds. The number of hydrogen-bond acceptors (Lipinski definition) is 5. The first-order valence-corrected chi connectivity index (χ1v) is 10.6. The van der Waals surface area contributed by atoms with Crippen molar-refractivity contribution >= 4 is 18.2 Å². The van der Waals surface area contributed by atoms with Crippen LogP contribution in [0.1, 0.15) is 105 Å². The molecule has 0 atom stereocenters. The average Bonchev–Trinajstić information content (AvgIpc) is 2.70. The molecule has 1 rings (SSSR count). The first kappa shape index (κ1) is 23.9. The Balaban J connectivity index is 2.47. The minimum Gasteiger partial charge on any atom is -0.434 e. The molecule has 0 aliphatic carbocycles. The maximum absolute atomic E-state index is 12.3. The molecule has 0 saturated heterocycles. The zero-order chi connectivity index (χ0) is 20.6. The van der Waals surface area contributed by atoms with E-state index in [2.05, 4.69) is 13.8 Å². The summed E-state index contributed by atoms with van der Waals surface area (Å²) < 4.78 is 10.2. The van der Waals surface area contributed by atoms with Gasteiger partial charge in [-0.2, -0.15) is 0 Å². The number of Topliss-reactive ketones (excluding diaryl/α,β-unsaturated/α-hetero) is 1. The first-order chi connectivity index (χ1) is 13.6. The summed E-state index contributed by atoms with van der Waals surface area (Å²) in [6.45, 7) is 4.59. The fourth-order valence-corrected chi connectivity index (χ4v) is 2.92. The quantitative estimate of drug-likeness (QED) is 0.112. The van der Waals surface area contributed by atoms with Crippen molar-refractivity contribution in [2.24, 2.45) is 0 Å². The molecule has 1 aromatic rings. The van der Waals surface area contributed by atoms with Gasteiger partial charge >= 0.3 is 6.16 Å². The fourth-order valence-electron chi connectivity index (χ4n) is 2.92. The van der Waals surface area contributed by atoms with Crippen LogP contribution in [-0.4, -0.2) is 24.8 Å². The van der Waals surface area contributed by atoms with Gasteiger partial charge in [0.2, 0.25) is 0 Å². The highest BCUT2D eigenvalue weighted by molar-refractivity contribution is 5.98. The molecule has 0 spiro atoms. The fraction of sp³-hybridized carbons (Fsp3) is 0.609. The van der Waals surface area contributed by atoms with Crippen molar-refractivity contribution in [2.75, 3.05) is 6.61 Å². The van der Waals surface area contributed by atoms with Crippen LogP contribution in [0.4, 0.5) is 4.79 Å². The van der Waals surface area contributed by atoms with Crippen LogP contribution in [-0.2, 0) is 4.74 Å². The van der Waals surface area contributed by atoms with Gasteiger partial charge in [-0.05, 0) is 31.0 Å². The van der Waals surface area contributed by atoms with E-state index in [9.17, 15) is 14.4 Å². The van der Waals surface area contributed by atoms with Crippen molar-refractivity contribution in [1.82, 2.24) is 0 Å². The molecule has 5 heteroatoms. The van der Waals surface area contributed by atoms with Crippen LogP contribution < -0.4 is 4.74 Å². The Morgan fingerprint density at radius 2 is 1.54 bits per heavy atom. The van der Waals surface area contributed by atoms with Gasteiger partial charge in [0.15, 0.2) is 12.1 Å². The van der Waals surface area contributed by atoms with E-state index < -0.39 is 6.16 Å². The predicted molar refractivity (Wildman–Crippen MR) is 110 cm³/mol. The van der Waals surface area contributed by atoms with Crippen LogP contribution in [0, 0.1) is 0 Å². The van der Waals surface area contributed by atoms with Gasteiger partial charge in [-0.3, -0.25) is 9.59 Å². The number of carbonyl (C=O) groups is 3. The van der Waals surface area contributed by atoms with Gasteiger partial charge in [-0.1, -0.05) is 65.2 Å². The molecule has 156 valence electrons. The Morgan fingerprint density at radius 3 is 2.18 bits per heavy atom. The van der Waals surface area contributed by atoms with Crippen LogP contribution in [0.5, 0.6) is 5.75 Å². The molecule has 0 unspecified atom stereocenters. The molecule has 0 aliphatic heterocycles. The monoisotopic (exact) mass is 390 g/mol. The molecular formula is C23H34O5. The number of aldehydes is 1. The standard InChI is InChI=1S/C23H34O5/c1-3-5-7-9-11-13-21(25)19-14-15-22(20(17-19)18-24)28-23(26)27-16-12-10-8-6-4-2/h14-15,17-18H,3-13,16H2,1-2H3. The van der Waals surface area contributed by atoms with E-state index in [4.69, 9.17) is 9.47 Å². The summed E-state index contributed by atoms with van der Waals surface area (Å²) in [5.41, 5.74) is 0.644. The van der Waals surface area contributed by atoms with Crippen molar-refractivity contribution < 1.29 is 23.9 Å². The number of benzene rings is 1. The third-order valence-electron chi connectivity index (χ3n) is 4.63. The Bertz CT molecular complexity index is 609. The number of carbonyl (C=O) groups excluding carboxylic acids is 3. The number of ketones is 1. The predicted octanol–water partition coefficient (Wildman–Crippen LogP) is 6.53. The summed E-state index contributed by atoms with van der Waals surface area (Å²) in [4.78, 5) is 35.4. The zero-order valence-corrected chi connectivity index (χ0v) is 17.3. The highest BCUT2D eigenvalue weighted by Crippen LogP contribution is 2.21. The molecule has 0 radical (unpaired) electrons. The lowest BCUT2D eigenvalue weighted by Crippen LogP contribution is -2.13. The van der Waals surface area contributed by atoms with Crippen molar-refractivity contribution in [2.45, 2.75) is 84.5 Å². The van der Waals surface area contributed by atoms with Crippen LogP contribution in [0.25, 0.3) is 0 Å². The molecule has 28 heavy (non-hydrogen) atoms. The number of unbranched alkanes of at least 4 members (excludes halogenated alkanes) is 8. The van der Waals surface area contributed by atoms with Gasteiger partial charge < -0.3 is 9.47 Å². The first-order valence-electron chi connectivity index (χ1n) is 10.6. The topological polar surface area (TPSA) is 69.7 Å². The SMILES string of the molecule is CCCCCCCOC(=O)Oc1ccc(C(=O)CCCCCCC)cc1C=O. The summed E-state index contributed by atoms with van der Waals surface area (Å²) in [5.74, 6) is 0.117. The van der Waals surface area contributed by atoms with E-state index in [0.29, 0.717) is 24.9 Å². The van der Waals surface area contributed by atoms with E-state index >= 15 is 0 Å². The summed E-state index contributed by atoms with van der Waals surface area (Å²) in [6, 6.07) is 4.56.